The molecule has 0 bridgehead atoms. The number of nitrogens with one attached hydrogen (secondary N) is 1. The molecule has 0 atom stereocenters. The summed E-state index contributed by atoms with van der Waals surface area (Å²) in [6, 6.07) is 9.71. The third kappa shape index (κ3) is 4.10. The maximum atomic E-state index is 11.4. The molecule has 92 valence electrons. The van der Waals surface area contributed by atoms with Gasteiger partial charge in [-0.15, -0.1) is 0 Å². The van der Waals surface area contributed by atoms with Crippen molar-refractivity contribution in [3.8, 4) is 0 Å². The lowest BCUT2D eigenvalue weighted by Crippen LogP contribution is -2.27. The second-order valence-electron chi connectivity index (χ2n) is 4.57. The molecule has 0 unspecified atom stereocenters. The van der Waals surface area contributed by atoms with Gasteiger partial charge < -0.3 is 10.1 Å². The number of ether oxygens (including phenoxy) is 1. The van der Waals surface area contributed by atoms with E-state index in [0.29, 0.717) is 6.61 Å². The molecule has 0 radical (unpaired) electrons. The van der Waals surface area contributed by atoms with Crippen molar-refractivity contribution in [2.45, 2.75) is 32.3 Å². The molecule has 0 aromatic heterocycles. The van der Waals surface area contributed by atoms with Gasteiger partial charge in [0.25, 0.3) is 0 Å². The van der Waals surface area contributed by atoms with Crippen molar-refractivity contribution in [2.75, 3.05) is 6.54 Å². The van der Waals surface area contributed by atoms with E-state index < -0.39 is 0 Å². The molecular formula is C14H19NO2. The molecule has 0 spiro atoms. The number of rotatable bonds is 5. The SMILES string of the molecule is O=C(NCCC1CCC1)OCc1ccccc1. The largest absolute Gasteiger partial charge is 0.445 e. The summed E-state index contributed by atoms with van der Waals surface area (Å²) in [7, 11) is 0. The van der Waals surface area contributed by atoms with Gasteiger partial charge in [-0.1, -0.05) is 49.6 Å². The van der Waals surface area contributed by atoms with Crippen LogP contribution in [0.5, 0.6) is 0 Å². The molecule has 1 aromatic carbocycles. The molecule has 0 saturated heterocycles. The molecule has 0 heterocycles. The average Bonchev–Trinajstić information content (AvgIpc) is 2.31. The topological polar surface area (TPSA) is 38.3 Å². The van der Waals surface area contributed by atoms with Crippen molar-refractivity contribution in [1.82, 2.24) is 5.32 Å². The third-order valence-corrected chi connectivity index (χ3v) is 3.26. The van der Waals surface area contributed by atoms with E-state index >= 15 is 0 Å². The van der Waals surface area contributed by atoms with Crippen molar-refractivity contribution in [1.29, 1.82) is 0 Å². The summed E-state index contributed by atoms with van der Waals surface area (Å²) in [5, 5.41) is 2.79. The smallest absolute Gasteiger partial charge is 0.407 e. The summed E-state index contributed by atoms with van der Waals surface area (Å²) in [6.07, 6.45) is 4.76. The van der Waals surface area contributed by atoms with E-state index in [4.69, 9.17) is 4.74 Å². The van der Waals surface area contributed by atoms with E-state index in [0.717, 1.165) is 24.4 Å². The molecule has 3 heteroatoms. The molecule has 1 aliphatic carbocycles. The third-order valence-electron chi connectivity index (χ3n) is 3.26. The Kier molecular flexibility index (Phi) is 4.42. The van der Waals surface area contributed by atoms with Crippen molar-refractivity contribution >= 4 is 6.09 Å². The Morgan fingerprint density at radius 1 is 1.29 bits per heavy atom. The molecular weight excluding hydrogens is 214 g/mol. The normalized spacial score (nSPS) is 15.1. The summed E-state index contributed by atoms with van der Waals surface area (Å²) >= 11 is 0. The van der Waals surface area contributed by atoms with Crippen molar-refractivity contribution in [3.63, 3.8) is 0 Å². The Morgan fingerprint density at radius 3 is 2.71 bits per heavy atom. The quantitative estimate of drug-likeness (QED) is 0.848. The zero-order chi connectivity index (χ0) is 11.9. The molecule has 1 aromatic rings. The highest BCUT2D eigenvalue weighted by Gasteiger charge is 2.16. The van der Waals surface area contributed by atoms with E-state index in [1.807, 2.05) is 30.3 Å². The molecule has 1 aliphatic rings. The van der Waals surface area contributed by atoms with Gasteiger partial charge in [0, 0.05) is 6.54 Å². The van der Waals surface area contributed by atoms with Crippen LogP contribution < -0.4 is 5.32 Å². The van der Waals surface area contributed by atoms with Gasteiger partial charge in [0.05, 0.1) is 0 Å². The number of carbonyl (C=O) groups is 1. The Morgan fingerprint density at radius 2 is 2.06 bits per heavy atom. The molecule has 0 aliphatic heterocycles. The first kappa shape index (κ1) is 12.0. The Labute approximate surface area is 102 Å². The lowest BCUT2D eigenvalue weighted by molar-refractivity contribution is 0.138. The van der Waals surface area contributed by atoms with Gasteiger partial charge in [-0.25, -0.2) is 4.79 Å². The fourth-order valence-corrected chi connectivity index (χ4v) is 1.93. The predicted molar refractivity (Wildman–Crippen MR) is 66.6 cm³/mol. The van der Waals surface area contributed by atoms with Gasteiger partial charge in [-0.05, 0) is 17.9 Å². The van der Waals surface area contributed by atoms with Crippen LogP contribution in [-0.2, 0) is 11.3 Å². The van der Waals surface area contributed by atoms with Gasteiger partial charge in [-0.3, -0.25) is 0 Å². The number of alkyl carbamates (subject to hydrolysis) is 1. The van der Waals surface area contributed by atoms with Gasteiger partial charge in [-0.2, -0.15) is 0 Å². The first-order valence-corrected chi connectivity index (χ1v) is 6.29. The van der Waals surface area contributed by atoms with Crippen molar-refractivity contribution < 1.29 is 9.53 Å². The van der Waals surface area contributed by atoms with Crippen LogP contribution in [0, 0.1) is 5.92 Å². The first-order chi connectivity index (χ1) is 8.34. The monoisotopic (exact) mass is 233 g/mol. The molecule has 1 saturated carbocycles. The minimum atomic E-state index is -0.312. The van der Waals surface area contributed by atoms with Crippen LogP contribution in [0.15, 0.2) is 30.3 Å². The van der Waals surface area contributed by atoms with Crippen LogP contribution in [0.4, 0.5) is 4.79 Å². The Hall–Kier alpha value is -1.51. The van der Waals surface area contributed by atoms with Crippen LogP contribution in [-0.4, -0.2) is 12.6 Å². The maximum absolute atomic E-state index is 11.4. The second kappa shape index (κ2) is 6.28. The van der Waals surface area contributed by atoms with Gasteiger partial charge >= 0.3 is 6.09 Å². The van der Waals surface area contributed by atoms with E-state index in [9.17, 15) is 4.79 Å². The number of hydrogen-bond acceptors (Lipinski definition) is 2. The zero-order valence-electron chi connectivity index (χ0n) is 10.0. The van der Waals surface area contributed by atoms with Crippen LogP contribution in [0.25, 0.3) is 0 Å². The van der Waals surface area contributed by atoms with Gasteiger partial charge in [0.1, 0.15) is 6.61 Å². The fourth-order valence-electron chi connectivity index (χ4n) is 1.93. The predicted octanol–water partition coefficient (Wildman–Crippen LogP) is 3.10. The highest BCUT2D eigenvalue weighted by atomic mass is 16.5. The molecule has 17 heavy (non-hydrogen) atoms. The zero-order valence-corrected chi connectivity index (χ0v) is 10.0. The maximum Gasteiger partial charge on any atom is 0.407 e. The Bertz CT molecular complexity index is 346. The molecule has 1 amide bonds. The highest BCUT2D eigenvalue weighted by molar-refractivity contribution is 5.67. The number of hydrogen-bond donors (Lipinski definition) is 1. The lowest BCUT2D eigenvalue weighted by atomic mass is 9.83. The number of benzene rings is 1. The molecule has 2 rings (SSSR count). The lowest BCUT2D eigenvalue weighted by Gasteiger charge is -2.24. The standard InChI is InChI=1S/C14H19NO2/c16-14(15-10-9-12-7-4-8-12)17-11-13-5-2-1-3-6-13/h1-3,5-6,12H,4,7-11H2,(H,15,16). The summed E-state index contributed by atoms with van der Waals surface area (Å²) in [5.74, 6) is 0.824. The van der Waals surface area contributed by atoms with Gasteiger partial charge in [0.15, 0.2) is 0 Å². The highest BCUT2D eigenvalue weighted by Crippen LogP contribution is 2.28. The fraction of sp³-hybridized carbons (Fsp3) is 0.500. The summed E-state index contributed by atoms with van der Waals surface area (Å²) in [6.45, 7) is 1.08. The molecule has 1 N–H and O–H groups in total. The van der Waals surface area contributed by atoms with Crippen LogP contribution in [0.1, 0.15) is 31.2 Å². The van der Waals surface area contributed by atoms with Crippen LogP contribution >= 0.6 is 0 Å². The Balaban J connectivity index is 1.57. The average molecular weight is 233 g/mol. The van der Waals surface area contributed by atoms with Crippen molar-refractivity contribution in [3.05, 3.63) is 35.9 Å². The summed E-state index contributed by atoms with van der Waals surface area (Å²) in [4.78, 5) is 11.4. The minimum absolute atomic E-state index is 0.312. The second-order valence-corrected chi connectivity index (χ2v) is 4.57. The van der Waals surface area contributed by atoms with Crippen LogP contribution in [0.3, 0.4) is 0 Å². The van der Waals surface area contributed by atoms with E-state index in [2.05, 4.69) is 5.32 Å². The van der Waals surface area contributed by atoms with E-state index in [1.165, 1.54) is 19.3 Å². The summed E-state index contributed by atoms with van der Waals surface area (Å²) < 4.78 is 5.11. The van der Waals surface area contributed by atoms with E-state index in [-0.39, 0.29) is 6.09 Å². The van der Waals surface area contributed by atoms with Crippen LogP contribution in [0.2, 0.25) is 0 Å². The minimum Gasteiger partial charge on any atom is -0.445 e. The molecule has 3 nitrogen and oxygen atoms in total. The van der Waals surface area contributed by atoms with E-state index in [1.54, 1.807) is 0 Å². The molecule has 1 fully saturated rings. The summed E-state index contributed by atoms with van der Waals surface area (Å²) in [5.41, 5.74) is 1.02. The van der Waals surface area contributed by atoms with Gasteiger partial charge in [0.2, 0.25) is 0 Å². The van der Waals surface area contributed by atoms with Crippen molar-refractivity contribution in [2.24, 2.45) is 5.92 Å². The number of amides is 1. The first-order valence-electron chi connectivity index (χ1n) is 6.29. The number of carbonyl (C=O) groups excluding carboxylic acids is 1.